The Bertz CT molecular complexity index is 396. The van der Waals surface area contributed by atoms with Crippen molar-refractivity contribution in [2.24, 2.45) is 11.8 Å². The van der Waals surface area contributed by atoms with Gasteiger partial charge in [-0.1, -0.05) is 13.8 Å². The summed E-state index contributed by atoms with van der Waals surface area (Å²) in [4.78, 5) is 11.3. The van der Waals surface area contributed by atoms with Crippen LogP contribution in [0.15, 0.2) is 0 Å². The molecule has 0 atom stereocenters. The molecule has 0 aromatic carbocycles. The fraction of sp³-hybridized carbons (Fsp3) is 0.889. The zero-order valence-electron chi connectivity index (χ0n) is 9.49. The molecule has 0 amide bonds. The molecule has 0 bridgehead atoms. The second kappa shape index (κ2) is 4.56. The van der Waals surface area contributed by atoms with Crippen molar-refractivity contribution >= 4 is 15.8 Å². The number of carbonyl (C=O) groups excluding carboxylic acids is 1. The Hall–Kier alpha value is -0.630. The fourth-order valence-electron chi connectivity index (χ4n) is 1.51. The van der Waals surface area contributed by atoms with E-state index in [4.69, 9.17) is 0 Å². The van der Waals surface area contributed by atoms with Crippen LogP contribution in [0.3, 0.4) is 0 Å². The number of nitrogens with zero attached hydrogens (tertiary/aromatic N) is 1. The zero-order chi connectivity index (χ0) is 13.4. The molecule has 4 nitrogen and oxygen atoms in total. The monoisotopic (exact) mass is 273 g/mol. The number of halogens is 3. The molecule has 8 heteroatoms. The molecule has 0 aromatic rings. The number of alkyl halides is 3. The lowest BCUT2D eigenvalue weighted by atomic mass is 9.92. The molecule has 0 saturated carbocycles. The Morgan fingerprint density at radius 2 is 1.82 bits per heavy atom. The summed E-state index contributed by atoms with van der Waals surface area (Å²) >= 11 is 0. The van der Waals surface area contributed by atoms with Crippen LogP contribution in [0.4, 0.5) is 13.2 Å². The minimum absolute atomic E-state index is 0.0564. The second-order valence-electron chi connectivity index (χ2n) is 4.46. The molecule has 1 aliphatic heterocycles. The largest absolute Gasteiger partial charge is 0.511 e. The van der Waals surface area contributed by atoms with Gasteiger partial charge in [0.25, 0.3) is 0 Å². The molecular weight excluding hydrogens is 259 g/mol. The first-order valence-corrected chi connectivity index (χ1v) is 6.59. The molecule has 1 rings (SSSR count). The first-order chi connectivity index (χ1) is 7.55. The third-order valence-corrected chi connectivity index (χ3v) is 4.25. The molecule has 1 fully saturated rings. The number of rotatable bonds is 4. The number of ketones is 1. The Labute approximate surface area is 97.8 Å². The van der Waals surface area contributed by atoms with Crippen LogP contribution in [0.5, 0.6) is 0 Å². The van der Waals surface area contributed by atoms with Gasteiger partial charge in [0.15, 0.2) is 0 Å². The highest BCUT2D eigenvalue weighted by Gasteiger charge is 2.53. The van der Waals surface area contributed by atoms with E-state index in [-0.39, 0.29) is 37.1 Å². The van der Waals surface area contributed by atoms with Crippen molar-refractivity contribution in [1.82, 2.24) is 4.31 Å². The van der Waals surface area contributed by atoms with Gasteiger partial charge < -0.3 is 0 Å². The molecule has 0 aliphatic carbocycles. The van der Waals surface area contributed by atoms with Gasteiger partial charge in [0, 0.05) is 25.4 Å². The molecule has 1 saturated heterocycles. The normalized spacial score (nSPS) is 19.4. The van der Waals surface area contributed by atoms with Gasteiger partial charge in [0.05, 0.1) is 0 Å². The Morgan fingerprint density at radius 1 is 1.35 bits per heavy atom. The average Bonchev–Trinajstić information content (AvgIpc) is 2.07. The highest BCUT2D eigenvalue weighted by atomic mass is 32.2. The maximum absolute atomic E-state index is 12.1. The van der Waals surface area contributed by atoms with Crippen LogP contribution in [0, 0.1) is 11.8 Å². The van der Waals surface area contributed by atoms with Crippen LogP contribution in [0.25, 0.3) is 0 Å². The summed E-state index contributed by atoms with van der Waals surface area (Å²) in [7, 11) is -5.21. The van der Waals surface area contributed by atoms with Crippen molar-refractivity contribution in [3.05, 3.63) is 0 Å². The molecular formula is C9H14F3NO3S. The van der Waals surface area contributed by atoms with E-state index in [0.717, 1.165) is 0 Å². The number of Topliss-reactive ketones (excluding diaryl/α,β-unsaturated/α-hetero) is 1. The predicted octanol–water partition coefficient (Wildman–Crippen LogP) is 1.38. The Balaban J connectivity index is 2.51. The highest BCUT2D eigenvalue weighted by molar-refractivity contribution is 7.90. The second-order valence-corrected chi connectivity index (χ2v) is 6.39. The molecule has 0 N–H and O–H groups in total. The van der Waals surface area contributed by atoms with Crippen LogP contribution in [0.2, 0.25) is 0 Å². The van der Waals surface area contributed by atoms with Crippen LogP contribution in [-0.4, -0.2) is 37.1 Å². The van der Waals surface area contributed by atoms with E-state index in [1.54, 1.807) is 13.8 Å². The third kappa shape index (κ3) is 2.98. The summed E-state index contributed by atoms with van der Waals surface area (Å²) < 4.78 is 58.6. The van der Waals surface area contributed by atoms with Gasteiger partial charge in [0.1, 0.15) is 5.78 Å². The molecule has 17 heavy (non-hydrogen) atoms. The van der Waals surface area contributed by atoms with E-state index < -0.39 is 15.5 Å². The lowest BCUT2D eigenvalue weighted by Crippen LogP contribution is -2.54. The summed E-state index contributed by atoms with van der Waals surface area (Å²) in [6.07, 6.45) is 0.140. The van der Waals surface area contributed by atoms with Gasteiger partial charge in [-0.05, 0) is 5.92 Å². The van der Waals surface area contributed by atoms with E-state index in [1.165, 1.54) is 0 Å². The summed E-state index contributed by atoms with van der Waals surface area (Å²) in [5, 5.41) is 0. The highest BCUT2D eigenvalue weighted by Crippen LogP contribution is 2.33. The zero-order valence-corrected chi connectivity index (χ0v) is 10.3. The van der Waals surface area contributed by atoms with Gasteiger partial charge in [-0.3, -0.25) is 4.79 Å². The Kier molecular flexibility index (Phi) is 3.87. The molecule has 0 unspecified atom stereocenters. The van der Waals surface area contributed by atoms with E-state index in [2.05, 4.69) is 0 Å². The van der Waals surface area contributed by atoms with Gasteiger partial charge >= 0.3 is 15.5 Å². The molecule has 0 radical (unpaired) electrons. The summed E-state index contributed by atoms with van der Waals surface area (Å²) in [5.74, 6) is -0.524. The van der Waals surface area contributed by atoms with Crippen LogP contribution in [-0.2, 0) is 14.8 Å². The van der Waals surface area contributed by atoms with Crippen molar-refractivity contribution in [2.75, 3.05) is 13.1 Å². The molecule has 1 heterocycles. The quantitative estimate of drug-likeness (QED) is 0.777. The smallest absolute Gasteiger partial charge is 0.299 e. The third-order valence-electron chi connectivity index (χ3n) is 2.69. The van der Waals surface area contributed by atoms with E-state index in [0.29, 0.717) is 4.31 Å². The molecule has 0 aromatic heterocycles. The first-order valence-electron chi connectivity index (χ1n) is 5.15. The van der Waals surface area contributed by atoms with Crippen molar-refractivity contribution < 1.29 is 26.4 Å². The van der Waals surface area contributed by atoms with E-state index in [1.807, 2.05) is 0 Å². The number of hydrogen-bond donors (Lipinski definition) is 0. The number of hydrogen-bond acceptors (Lipinski definition) is 3. The lowest BCUT2D eigenvalue weighted by Gasteiger charge is -2.38. The van der Waals surface area contributed by atoms with Crippen molar-refractivity contribution in [1.29, 1.82) is 0 Å². The van der Waals surface area contributed by atoms with E-state index >= 15 is 0 Å². The van der Waals surface area contributed by atoms with Gasteiger partial charge in [-0.15, -0.1) is 0 Å². The van der Waals surface area contributed by atoms with Gasteiger partial charge in [-0.25, -0.2) is 8.42 Å². The van der Waals surface area contributed by atoms with Crippen LogP contribution >= 0.6 is 0 Å². The lowest BCUT2D eigenvalue weighted by molar-refractivity contribution is -0.123. The molecule has 0 spiro atoms. The van der Waals surface area contributed by atoms with Crippen LogP contribution in [0.1, 0.15) is 20.3 Å². The Morgan fingerprint density at radius 3 is 2.18 bits per heavy atom. The van der Waals surface area contributed by atoms with Crippen molar-refractivity contribution in [3.63, 3.8) is 0 Å². The molecule has 100 valence electrons. The standard InChI is InChI=1S/C9H14F3NO3S/c1-6(2)8(14)3-7-4-13(5-7)17(15,16)9(10,11)12/h6-7H,3-5H2,1-2H3. The van der Waals surface area contributed by atoms with E-state index in [9.17, 15) is 26.4 Å². The maximum atomic E-state index is 12.1. The average molecular weight is 273 g/mol. The number of carbonyl (C=O) groups is 1. The first kappa shape index (κ1) is 14.4. The minimum Gasteiger partial charge on any atom is -0.299 e. The minimum atomic E-state index is -5.25. The number of sulfonamides is 1. The fourth-order valence-corrected chi connectivity index (χ4v) is 2.62. The maximum Gasteiger partial charge on any atom is 0.511 e. The van der Waals surface area contributed by atoms with Crippen molar-refractivity contribution in [3.8, 4) is 0 Å². The summed E-state index contributed by atoms with van der Waals surface area (Å²) in [6, 6.07) is 0. The SMILES string of the molecule is CC(C)C(=O)CC1CN(S(=O)(=O)C(F)(F)F)C1. The summed E-state index contributed by atoms with van der Waals surface area (Å²) in [6.45, 7) is 2.96. The van der Waals surface area contributed by atoms with Gasteiger partial charge in [-0.2, -0.15) is 17.5 Å². The molecule has 1 aliphatic rings. The topological polar surface area (TPSA) is 54.5 Å². The predicted molar refractivity (Wildman–Crippen MR) is 54.5 cm³/mol. The van der Waals surface area contributed by atoms with Crippen molar-refractivity contribution in [2.45, 2.75) is 25.8 Å². The van der Waals surface area contributed by atoms with Gasteiger partial charge in [0.2, 0.25) is 0 Å². The van der Waals surface area contributed by atoms with Crippen LogP contribution < -0.4 is 0 Å². The summed E-state index contributed by atoms with van der Waals surface area (Å²) in [5.41, 5.74) is -5.25.